The van der Waals surface area contributed by atoms with E-state index in [9.17, 15) is 9.59 Å². The molecule has 1 fully saturated rings. The third-order valence-corrected chi connectivity index (χ3v) is 5.34. The molecule has 0 aliphatic carbocycles. The van der Waals surface area contributed by atoms with Crippen molar-refractivity contribution < 1.29 is 23.8 Å². The van der Waals surface area contributed by atoms with Gasteiger partial charge in [-0.2, -0.15) is 0 Å². The molecule has 7 nitrogen and oxygen atoms in total. The van der Waals surface area contributed by atoms with Gasteiger partial charge in [0, 0.05) is 31.5 Å². The number of anilines is 2. The maximum Gasteiger partial charge on any atom is 0.224 e. The second-order valence-corrected chi connectivity index (χ2v) is 7.47. The Balaban J connectivity index is 1.38. The van der Waals surface area contributed by atoms with Gasteiger partial charge in [0.25, 0.3) is 0 Å². The topological polar surface area (TPSA) is 77.1 Å². The van der Waals surface area contributed by atoms with E-state index in [0.717, 1.165) is 5.69 Å². The Morgan fingerprint density at radius 3 is 2.53 bits per heavy atom. The number of ketones is 1. The summed E-state index contributed by atoms with van der Waals surface area (Å²) in [5.74, 6) is 0.831. The molecule has 0 aromatic heterocycles. The molecule has 2 aliphatic heterocycles. The Labute approximate surface area is 179 Å². The van der Waals surface area contributed by atoms with Crippen LogP contribution in [0.3, 0.4) is 0 Å². The minimum absolute atomic E-state index is 0.0718. The van der Waals surface area contributed by atoms with E-state index in [1.807, 2.05) is 6.07 Å². The van der Waals surface area contributed by atoms with Crippen LogP contribution in [0.25, 0.3) is 0 Å². The minimum atomic E-state index is -0.238. The number of Topliss-reactive ketones (excluding diaryl/α,β-unsaturated/α-hetero) is 1. The number of carbonyl (C=O) groups excluding carboxylic acids is 2. The first-order valence-electron chi connectivity index (χ1n) is 9.96. The normalized spacial score (nSPS) is 15.6. The van der Waals surface area contributed by atoms with Crippen molar-refractivity contribution in [3.05, 3.63) is 47.0 Å². The molecule has 8 heteroatoms. The highest BCUT2D eigenvalue weighted by Crippen LogP contribution is 2.35. The highest BCUT2D eigenvalue weighted by Gasteiger charge is 2.20. The van der Waals surface area contributed by atoms with Crippen molar-refractivity contribution in [2.75, 3.05) is 49.7 Å². The maximum absolute atomic E-state index is 12.5. The van der Waals surface area contributed by atoms with Gasteiger partial charge in [0.1, 0.15) is 13.2 Å². The van der Waals surface area contributed by atoms with Gasteiger partial charge in [-0.05, 0) is 30.3 Å². The first-order chi connectivity index (χ1) is 14.6. The summed E-state index contributed by atoms with van der Waals surface area (Å²) in [4.78, 5) is 27.2. The van der Waals surface area contributed by atoms with E-state index in [0.29, 0.717) is 67.3 Å². The molecule has 0 atom stereocenters. The first kappa shape index (κ1) is 20.5. The number of rotatable bonds is 6. The SMILES string of the molecule is O=C(CCC(=O)c1ccc2c(c1)OCCO2)Nc1cccc(Cl)c1N1CCOCC1. The Morgan fingerprint density at radius 1 is 0.967 bits per heavy atom. The van der Waals surface area contributed by atoms with Crippen LogP contribution in [0.4, 0.5) is 11.4 Å². The van der Waals surface area contributed by atoms with Crippen LogP contribution in [0.1, 0.15) is 23.2 Å². The second kappa shape index (κ2) is 9.36. The second-order valence-electron chi connectivity index (χ2n) is 7.07. The summed E-state index contributed by atoms with van der Waals surface area (Å²) in [6.07, 6.45) is 0.168. The molecular formula is C22H23ClN2O5. The van der Waals surface area contributed by atoms with Gasteiger partial charge >= 0.3 is 0 Å². The van der Waals surface area contributed by atoms with E-state index in [1.165, 1.54) is 0 Å². The molecule has 1 N–H and O–H groups in total. The van der Waals surface area contributed by atoms with Crippen LogP contribution in [0.2, 0.25) is 5.02 Å². The van der Waals surface area contributed by atoms with E-state index in [4.69, 9.17) is 25.8 Å². The maximum atomic E-state index is 12.5. The molecule has 4 rings (SSSR count). The number of hydrogen-bond donors (Lipinski definition) is 1. The predicted molar refractivity (Wildman–Crippen MR) is 114 cm³/mol. The van der Waals surface area contributed by atoms with Crippen molar-refractivity contribution in [3.63, 3.8) is 0 Å². The van der Waals surface area contributed by atoms with Crippen LogP contribution < -0.4 is 19.7 Å². The van der Waals surface area contributed by atoms with Gasteiger partial charge in [0.2, 0.25) is 5.91 Å². The molecule has 0 unspecified atom stereocenters. The molecule has 2 aliphatic rings. The molecule has 0 spiro atoms. The van der Waals surface area contributed by atoms with Crippen LogP contribution in [0.5, 0.6) is 11.5 Å². The van der Waals surface area contributed by atoms with E-state index >= 15 is 0 Å². The summed E-state index contributed by atoms with van der Waals surface area (Å²) in [6, 6.07) is 10.5. The fourth-order valence-corrected chi connectivity index (χ4v) is 3.82. The Kier molecular flexibility index (Phi) is 6.40. The van der Waals surface area contributed by atoms with Crippen molar-refractivity contribution in [2.24, 2.45) is 0 Å². The molecule has 2 heterocycles. The Bertz CT molecular complexity index is 943. The van der Waals surface area contributed by atoms with Crippen molar-refractivity contribution in [1.29, 1.82) is 0 Å². The van der Waals surface area contributed by atoms with E-state index in [2.05, 4.69) is 10.2 Å². The minimum Gasteiger partial charge on any atom is -0.486 e. The number of para-hydroxylation sites is 1. The zero-order valence-electron chi connectivity index (χ0n) is 16.5. The molecule has 0 saturated carbocycles. The zero-order chi connectivity index (χ0) is 20.9. The van der Waals surface area contributed by atoms with E-state index in [-0.39, 0.29) is 24.5 Å². The number of amides is 1. The van der Waals surface area contributed by atoms with Crippen molar-refractivity contribution >= 4 is 34.7 Å². The molecule has 30 heavy (non-hydrogen) atoms. The molecule has 1 saturated heterocycles. The Hall–Kier alpha value is -2.77. The summed E-state index contributed by atoms with van der Waals surface area (Å²) >= 11 is 6.40. The highest BCUT2D eigenvalue weighted by molar-refractivity contribution is 6.34. The molecule has 2 aromatic carbocycles. The quantitative estimate of drug-likeness (QED) is 0.706. The third-order valence-electron chi connectivity index (χ3n) is 5.03. The molecular weight excluding hydrogens is 408 g/mol. The van der Waals surface area contributed by atoms with Gasteiger partial charge in [0.15, 0.2) is 17.3 Å². The van der Waals surface area contributed by atoms with Gasteiger partial charge in [0.05, 0.1) is 29.6 Å². The average molecular weight is 431 g/mol. The van der Waals surface area contributed by atoms with Crippen molar-refractivity contribution in [1.82, 2.24) is 0 Å². The number of hydrogen-bond acceptors (Lipinski definition) is 6. The Morgan fingerprint density at radius 2 is 1.73 bits per heavy atom. The van der Waals surface area contributed by atoms with Gasteiger partial charge < -0.3 is 24.4 Å². The average Bonchev–Trinajstić information content (AvgIpc) is 2.78. The third kappa shape index (κ3) is 4.68. The van der Waals surface area contributed by atoms with Crippen molar-refractivity contribution in [2.45, 2.75) is 12.8 Å². The number of carbonyl (C=O) groups is 2. The van der Waals surface area contributed by atoms with Gasteiger partial charge in [-0.1, -0.05) is 17.7 Å². The number of fused-ring (bicyclic) bond motifs is 1. The lowest BCUT2D eigenvalue weighted by Crippen LogP contribution is -2.37. The monoisotopic (exact) mass is 430 g/mol. The fraction of sp³-hybridized carbons (Fsp3) is 0.364. The van der Waals surface area contributed by atoms with Crippen molar-refractivity contribution in [3.8, 4) is 11.5 Å². The zero-order valence-corrected chi connectivity index (χ0v) is 17.2. The highest BCUT2D eigenvalue weighted by atomic mass is 35.5. The van der Waals surface area contributed by atoms with E-state index in [1.54, 1.807) is 30.3 Å². The molecule has 158 valence electrons. The van der Waals surface area contributed by atoms with Crippen LogP contribution in [0.15, 0.2) is 36.4 Å². The van der Waals surface area contributed by atoms with E-state index < -0.39 is 0 Å². The van der Waals surface area contributed by atoms with Gasteiger partial charge in [-0.3, -0.25) is 9.59 Å². The molecule has 2 aromatic rings. The first-order valence-corrected chi connectivity index (χ1v) is 10.3. The summed E-state index contributed by atoms with van der Waals surface area (Å²) in [6.45, 7) is 3.59. The lowest BCUT2D eigenvalue weighted by Gasteiger charge is -2.31. The predicted octanol–water partition coefficient (Wildman–Crippen LogP) is 3.55. The summed E-state index contributed by atoms with van der Waals surface area (Å²) < 4.78 is 16.4. The number of ether oxygens (including phenoxy) is 3. The number of morpholine rings is 1. The lowest BCUT2D eigenvalue weighted by molar-refractivity contribution is -0.116. The summed E-state index contributed by atoms with van der Waals surface area (Å²) in [5, 5.41) is 3.47. The van der Waals surface area contributed by atoms with Gasteiger partial charge in [-0.25, -0.2) is 0 Å². The number of benzene rings is 2. The lowest BCUT2D eigenvalue weighted by atomic mass is 10.1. The number of nitrogens with zero attached hydrogens (tertiary/aromatic N) is 1. The smallest absolute Gasteiger partial charge is 0.224 e. The molecule has 0 radical (unpaired) electrons. The van der Waals surface area contributed by atoms with Crippen LogP contribution in [-0.4, -0.2) is 51.2 Å². The van der Waals surface area contributed by atoms with Gasteiger partial charge in [-0.15, -0.1) is 0 Å². The summed E-state index contributed by atoms with van der Waals surface area (Å²) in [7, 11) is 0. The summed E-state index contributed by atoms with van der Waals surface area (Å²) in [5.41, 5.74) is 1.93. The standard InChI is InChI=1S/C22H23ClN2O5/c23-16-2-1-3-17(22(16)25-8-10-28-11-9-25)24-21(27)7-5-18(26)15-4-6-19-20(14-15)30-13-12-29-19/h1-4,6,14H,5,7-13H2,(H,24,27). The largest absolute Gasteiger partial charge is 0.486 e. The van der Waals surface area contributed by atoms with Crippen LogP contribution in [-0.2, 0) is 9.53 Å². The van der Waals surface area contributed by atoms with Crippen LogP contribution >= 0.6 is 11.6 Å². The fourth-order valence-electron chi connectivity index (χ4n) is 3.53. The van der Waals surface area contributed by atoms with Crippen LogP contribution in [0, 0.1) is 0 Å². The number of nitrogens with one attached hydrogen (secondary N) is 1. The molecule has 1 amide bonds. The molecule has 0 bridgehead atoms. The number of halogens is 1.